The van der Waals surface area contributed by atoms with Crippen LogP contribution < -0.4 is 5.32 Å². The zero-order chi connectivity index (χ0) is 23.7. The van der Waals surface area contributed by atoms with Gasteiger partial charge in [-0.05, 0) is 38.2 Å². The Balaban J connectivity index is 1.29. The lowest BCUT2D eigenvalue weighted by molar-refractivity contribution is -0.130. The van der Waals surface area contributed by atoms with E-state index in [1.165, 1.54) is 0 Å². The molecule has 1 saturated heterocycles. The summed E-state index contributed by atoms with van der Waals surface area (Å²) < 4.78 is 3.49. The molecule has 1 unspecified atom stereocenters. The molecule has 0 saturated carbocycles. The summed E-state index contributed by atoms with van der Waals surface area (Å²) in [4.78, 5) is 25.4. The number of nitrogens with one attached hydrogen (secondary N) is 1. The van der Waals surface area contributed by atoms with E-state index in [-0.39, 0.29) is 11.9 Å². The molecule has 1 atom stereocenters. The van der Waals surface area contributed by atoms with E-state index in [1.807, 2.05) is 67.6 Å². The number of aromatic nitrogens is 7. The van der Waals surface area contributed by atoms with Gasteiger partial charge in [-0.3, -0.25) is 9.48 Å². The van der Waals surface area contributed by atoms with Gasteiger partial charge in [-0.2, -0.15) is 14.8 Å². The number of amides is 1. The highest BCUT2D eigenvalue weighted by atomic mass is 16.2. The molecule has 1 fully saturated rings. The SMILES string of the molecule is CN(C)CCC(=O)N1CCC(Nc2ncc3nnn(-c4ccc(-c5cnn(C)c5)cc4)c3n2)C1. The molecule has 0 bridgehead atoms. The number of carbonyl (C=O) groups excluding carboxylic acids is 1. The summed E-state index contributed by atoms with van der Waals surface area (Å²) >= 11 is 0. The van der Waals surface area contributed by atoms with Gasteiger partial charge in [0.25, 0.3) is 0 Å². The van der Waals surface area contributed by atoms with Crippen LogP contribution in [0.1, 0.15) is 12.8 Å². The summed E-state index contributed by atoms with van der Waals surface area (Å²) in [5, 5.41) is 16.1. The summed E-state index contributed by atoms with van der Waals surface area (Å²) in [6, 6.07) is 8.14. The molecule has 5 rings (SSSR count). The molecule has 0 radical (unpaired) electrons. The van der Waals surface area contributed by atoms with Crippen LogP contribution >= 0.6 is 0 Å². The molecule has 1 aromatic carbocycles. The molecule has 1 aliphatic heterocycles. The third kappa shape index (κ3) is 4.60. The average Bonchev–Trinajstić information content (AvgIpc) is 3.57. The topological polar surface area (TPSA) is 110 Å². The molecule has 3 aromatic heterocycles. The summed E-state index contributed by atoms with van der Waals surface area (Å²) in [6.07, 6.45) is 6.89. The summed E-state index contributed by atoms with van der Waals surface area (Å²) in [5.74, 6) is 0.696. The van der Waals surface area contributed by atoms with E-state index in [1.54, 1.807) is 15.6 Å². The van der Waals surface area contributed by atoms with Gasteiger partial charge in [0.2, 0.25) is 11.9 Å². The Morgan fingerprint density at radius 1 is 1.18 bits per heavy atom. The number of hydrogen-bond donors (Lipinski definition) is 1. The number of nitrogens with zero attached hydrogens (tertiary/aromatic N) is 9. The van der Waals surface area contributed by atoms with E-state index in [2.05, 4.69) is 30.7 Å². The van der Waals surface area contributed by atoms with Crippen molar-refractivity contribution in [2.24, 2.45) is 7.05 Å². The lowest BCUT2D eigenvalue weighted by Gasteiger charge is -2.18. The molecule has 1 aliphatic rings. The van der Waals surface area contributed by atoms with Gasteiger partial charge < -0.3 is 15.1 Å². The first-order chi connectivity index (χ1) is 16.5. The predicted octanol–water partition coefficient (Wildman–Crippen LogP) is 1.58. The molecule has 0 aliphatic carbocycles. The summed E-state index contributed by atoms with van der Waals surface area (Å²) in [6.45, 7) is 2.16. The third-order valence-corrected chi connectivity index (χ3v) is 5.99. The smallest absolute Gasteiger partial charge is 0.225 e. The van der Waals surface area contributed by atoms with Crippen molar-refractivity contribution in [2.75, 3.05) is 39.0 Å². The number of anilines is 1. The van der Waals surface area contributed by atoms with Gasteiger partial charge >= 0.3 is 0 Å². The van der Waals surface area contributed by atoms with E-state index in [4.69, 9.17) is 0 Å². The standard InChI is InChI=1S/C23H28N10O/c1-30(2)10-9-21(34)32-11-8-18(15-32)26-23-24-13-20-22(27-23)33(29-28-20)19-6-4-16(5-7-19)17-12-25-31(3)14-17/h4-7,12-14,18H,8-11,15H2,1-3H3,(H,24,26,27). The van der Waals surface area contributed by atoms with Gasteiger partial charge in [-0.1, -0.05) is 17.3 Å². The zero-order valence-corrected chi connectivity index (χ0v) is 19.6. The highest BCUT2D eigenvalue weighted by Gasteiger charge is 2.26. The van der Waals surface area contributed by atoms with Crippen LogP contribution in [0.15, 0.2) is 42.9 Å². The number of likely N-dealkylation sites (tertiary alicyclic amines) is 1. The molecule has 1 amide bonds. The van der Waals surface area contributed by atoms with Crippen LogP contribution in [0, 0.1) is 0 Å². The fourth-order valence-electron chi connectivity index (χ4n) is 4.10. The highest BCUT2D eigenvalue weighted by Crippen LogP contribution is 2.22. The lowest BCUT2D eigenvalue weighted by atomic mass is 10.1. The van der Waals surface area contributed by atoms with Crippen LogP contribution in [-0.4, -0.2) is 90.2 Å². The third-order valence-electron chi connectivity index (χ3n) is 5.99. The molecule has 0 spiro atoms. The number of fused-ring (bicyclic) bond motifs is 1. The van der Waals surface area contributed by atoms with Gasteiger partial charge in [-0.15, -0.1) is 5.10 Å². The molecular weight excluding hydrogens is 432 g/mol. The van der Waals surface area contributed by atoms with Crippen LogP contribution in [0.4, 0.5) is 5.95 Å². The lowest BCUT2D eigenvalue weighted by Crippen LogP contribution is -2.33. The molecule has 4 aromatic rings. The monoisotopic (exact) mass is 460 g/mol. The number of hydrogen-bond acceptors (Lipinski definition) is 8. The van der Waals surface area contributed by atoms with Crippen LogP contribution in [0.2, 0.25) is 0 Å². The zero-order valence-electron chi connectivity index (χ0n) is 19.6. The first-order valence-electron chi connectivity index (χ1n) is 11.3. The van der Waals surface area contributed by atoms with Crippen molar-refractivity contribution in [2.45, 2.75) is 18.9 Å². The molecule has 4 heterocycles. The van der Waals surface area contributed by atoms with Crippen molar-refractivity contribution in [1.82, 2.24) is 44.5 Å². The van der Waals surface area contributed by atoms with Crippen molar-refractivity contribution in [3.8, 4) is 16.8 Å². The fraction of sp³-hybridized carbons (Fsp3) is 0.391. The van der Waals surface area contributed by atoms with Crippen molar-refractivity contribution in [3.63, 3.8) is 0 Å². The maximum Gasteiger partial charge on any atom is 0.225 e. The van der Waals surface area contributed by atoms with Crippen LogP contribution in [0.25, 0.3) is 28.0 Å². The van der Waals surface area contributed by atoms with Crippen LogP contribution in [-0.2, 0) is 11.8 Å². The Kier molecular flexibility index (Phi) is 5.93. The molecule has 176 valence electrons. The van der Waals surface area contributed by atoms with Crippen molar-refractivity contribution >= 4 is 23.0 Å². The first-order valence-corrected chi connectivity index (χ1v) is 11.3. The molecule has 1 N–H and O–H groups in total. The molecule has 11 nitrogen and oxygen atoms in total. The van der Waals surface area contributed by atoms with E-state index in [0.717, 1.165) is 36.3 Å². The van der Waals surface area contributed by atoms with E-state index in [9.17, 15) is 4.79 Å². The average molecular weight is 461 g/mol. The Morgan fingerprint density at radius 2 is 2.00 bits per heavy atom. The van der Waals surface area contributed by atoms with E-state index < -0.39 is 0 Å². The fourth-order valence-corrected chi connectivity index (χ4v) is 4.10. The predicted molar refractivity (Wildman–Crippen MR) is 128 cm³/mol. The van der Waals surface area contributed by atoms with E-state index in [0.29, 0.717) is 30.1 Å². The normalized spacial score (nSPS) is 16.0. The second kappa shape index (κ2) is 9.18. The maximum atomic E-state index is 12.4. The molecular formula is C23H28N10O. The van der Waals surface area contributed by atoms with Gasteiger partial charge in [0.05, 0.1) is 18.1 Å². The number of carbonyl (C=O) groups is 1. The number of rotatable bonds is 7. The quantitative estimate of drug-likeness (QED) is 0.443. The maximum absolute atomic E-state index is 12.4. The Hall–Kier alpha value is -3.86. The minimum Gasteiger partial charge on any atom is -0.350 e. The Morgan fingerprint density at radius 3 is 2.74 bits per heavy atom. The summed E-state index contributed by atoms with van der Waals surface area (Å²) in [7, 11) is 5.85. The van der Waals surface area contributed by atoms with Crippen LogP contribution in [0.3, 0.4) is 0 Å². The Bertz CT molecular complexity index is 1290. The van der Waals surface area contributed by atoms with Crippen molar-refractivity contribution in [3.05, 3.63) is 42.9 Å². The van der Waals surface area contributed by atoms with E-state index >= 15 is 0 Å². The highest BCUT2D eigenvalue weighted by molar-refractivity contribution is 5.77. The summed E-state index contributed by atoms with van der Waals surface area (Å²) in [5.41, 5.74) is 4.23. The number of benzene rings is 1. The Labute approximate surface area is 197 Å². The first kappa shape index (κ1) is 22.0. The molecule has 34 heavy (non-hydrogen) atoms. The van der Waals surface area contributed by atoms with Gasteiger partial charge in [0.15, 0.2) is 11.2 Å². The van der Waals surface area contributed by atoms with Crippen molar-refractivity contribution < 1.29 is 4.79 Å². The van der Waals surface area contributed by atoms with Crippen molar-refractivity contribution in [1.29, 1.82) is 0 Å². The minimum atomic E-state index is 0.115. The second-order valence-electron chi connectivity index (χ2n) is 8.88. The second-order valence-corrected chi connectivity index (χ2v) is 8.88. The molecule has 11 heteroatoms. The number of aryl methyl sites for hydroxylation is 1. The largest absolute Gasteiger partial charge is 0.350 e. The van der Waals surface area contributed by atoms with Gasteiger partial charge in [0.1, 0.15) is 0 Å². The minimum absolute atomic E-state index is 0.115. The van der Waals surface area contributed by atoms with Crippen LogP contribution in [0.5, 0.6) is 0 Å². The van der Waals surface area contributed by atoms with Gasteiger partial charge in [-0.25, -0.2) is 4.98 Å². The van der Waals surface area contributed by atoms with Gasteiger partial charge in [0, 0.05) is 50.9 Å².